The number of nitrogens with two attached hydrogens (primary N) is 1. The molecule has 0 aliphatic heterocycles. The fraction of sp³-hybridized carbons (Fsp3) is 0.818. The first kappa shape index (κ1) is 12.4. The lowest BCUT2D eigenvalue weighted by atomic mass is 9.96. The van der Waals surface area contributed by atoms with Crippen LogP contribution in [0.5, 0.6) is 0 Å². The fourth-order valence-corrected chi connectivity index (χ4v) is 2.31. The lowest BCUT2D eigenvalue weighted by molar-refractivity contribution is -0.135. The van der Waals surface area contributed by atoms with Crippen LogP contribution in [0.4, 0.5) is 0 Å². The van der Waals surface area contributed by atoms with Crippen molar-refractivity contribution in [3.63, 3.8) is 0 Å². The highest BCUT2D eigenvalue weighted by molar-refractivity contribution is 7.80. The molecule has 86 valence electrons. The molecule has 0 aromatic heterocycles. The zero-order valence-electron chi connectivity index (χ0n) is 9.69. The van der Waals surface area contributed by atoms with Gasteiger partial charge >= 0.3 is 0 Å². The maximum Gasteiger partial charge on any atom is 0.226 e. The molecule has 0 saturated heterocycles. The molecule has 2 N–H and O–H groups in total. The summed E-state index contributed by atoms with van der Waals surface area (Å²) in [4.78, 5) is 14.2. The number of nitrogens with zero attached hydrogens (tertiary/aromatic N) is 1. The minimum absolute atomic E-state index is 0.139. The van der Waals surface area contributed by atoms with Gasteiger partial charge in [-0.25, -0.2) is 0 Å². The van der Waals surface area contributed by atoms with Gasteiger partial charge in [0.2, 0.25) is 5.91 Å². The van der Waals surface area contributed by atoms with Crippen LogP contribution in [0, 0.1) is 11.8 Å². The van der Waals surface area contributed by atoms with Crippen molar-refractivity contribution in [2.24, 2.45) is 17.6 Å². The maximum absolute atomic E-state index is 12.1. The quantitative estimate of drug-likeness (QED) is 0.746. The first-order valence-corrected chi connectivity index (χ1v) is 5.92. The van der Waals surface area contributed by atoms with E-state index in [4.69, 9.17) is 18.0 Å². The number of carbonyl (C=O) groups is 1. The van der Waals surface area contributed by atoms with Gasteiger partial charge in [0, 0.05) is 13.0 Å². The van der Waals surface area contributed by atoms with Crippen molar-refractivity contribution in [3.05, 3.63) is 0 Å². The number of likely N-dealkylation sites (N-methyl/N-ethyl adjacent to an activating group) is 1. The minimum atomic E-state index is -0.139. The van der Waals surface area contributed by atoms with Crippen molar-refractivity contribution in [3.8, 4) is 0 Å². The Hall–Kier alpha value is -0.640. The van der Waals surface area contributed by atoms with Crippen LogP contribution in [-0.4, -0.2) is 28.9 Å². The molecule has 1 rings (SSSR count). The van der Waals surface area contributed by atoms with Gasteiger partial charge in [0.05, 0.1) is 11.0 Å². The molecular formula is C11H20N2OS. The van der Waals surface area contributed by atoms with E-state index in [1.54, 1.807) is 11.9 Å². The van der Waals surface area contributed by atoms with E-state index >= 15 is 0 Å². The Labute approximate surface area is 97.0 Å². The van der Waals surface area contributed by atoms with Crippen molar-refractivity contribution in [2.75, 3.05) is 7.05 Å². The largest absolute Gasteiger partial charge is 0.392 e. The molecule has 0 bridgehead atoms. The smallest absolute Gasteiger partial charge is 0.226 e. The predicted octanol–water partition coefficient (Wildman–Crippen LogP) is 1.56. The van der Waals surface area contributed by atoms with E-state index in [9.17, 15) is 4.79 Å². The topological polar surface area (TPSA) is 46.3 Å². The second-order valence-electron chi connectivity index (χ2n) is 4.54. The predicted molar refractivity (Wildman–Crippen MR) is 65.5 cm³/mol. The zero-order valence-corrected chi connectivity index (χ0v) is 10.5. The molecule has 1 aliphatic carbocycles. The molecule has 3 unspecified atom stereocenters. The third-order valence-electron chi connectivity index (χ3n) is 3.52. The monoisotopic (exact) mass is 228 g/mol. The SMILES string of the molecule is CC1CCCC1C(=O)N(C)C(C)C(N)=S. The summed E-state index contributed by atoms with van der Waals surface area (Å²) >= 11 is 4.90. The summed E-state index contributed by atoms with van der Waals surface area (Å²) in [5, 5.41) is 0. The molecule has 0 radical (unpaired) electrons. The number of rotatable bonds is 3. The van der Waals surface area contributed by atoms with E-state index in [0.29, 0.717) is 10.9 Å². The Morgan fingerprint density at radius 1 is 1.53 bits per heavy atom. The van der Waals surface area contributed by atoms with Crippen LogP contribution in [0.3, 0.4) is 0 Å². The maximum atomic E-state index is 12.1. The number of carbonyl (C=O) groups excluding carboxylic acids is 1. The molecule has 0 aromatic rings. The van der Waals surface area contributed by atoms with E-state index < -0.39 is 0 Å². The Morgan fingerprint density at radius 3 is 2.53 bits per heavy atom. The first-order valence-electron chi connectivity index (χ1n) is 5.51. The van der Waals surface area contributed by atoms with Crippen LogP contribution >= 0.6 is 12.2 Å². The summed E-state index contributed by atoms with van der Waals surface area (Å²) in [7, 11) is 1.79. The van der Waals surface area contributed by atoms with Crippen molar-refractivity contribution >= 4 is 23.1 Å². The third-order valence-corrected chi connectivity index (χ3v) is 3.86. The lowest BCUT2D eigenvalue weighted by Crippen LogP contribution is -2.45. The van der Waals surface area contributed by atoms with E-state index in [2.05, 4.69) is 6.92 Å². The molecule has 15 heavy (non-hydrogen) atoms. The molecule has 1 saturated carbocycles. The van der Waals surface area contributed by atoms with Crippen LogP contribution in [-0.2, 0) is 4.79 Å². The second-order valence-corrected chi connectivity index (χ2v) is 5.01. The van der Waals surface area contributed by atoms with Gasteiger partial charge in [-0.3, -0.25) is 4.79 Å². The van der Waals surface area contributed by atoms with Gasteiger partial charge in [-0.2, -0.15) is 0 Å². The number of hydrogen-bond acceptors (Lipinski definition) is 2. The van der Waals surface area contributed by atoms with Gasteiger partial charge in [0.15, 0.2) is 0 Å². The number of amides is 1. The van der Waals surface area contributed by atoms with Gasteiger partial charge in [0.1, 0.15) is 0 Å². The van der Waals surface area contributed by atoms with Crippen LogP contribution in [0.15, 0.2) is 0 Å². The highest BCUT2D eigenvalue weighted by Crippen LogP contribution is 2.32. The van der Waals surface area contributed by atoms with E-state index in [1.165, 1.54) is 0 Å². The summed E-state index contributed by atoms with van der Waals surface area (Å²) < 4.78 is 0. The number of hydrogen-bond donors (Lipinski definition) is 1. The van der Waals surface area contributed by atoms with Crippen molar-refractivity contribution in [2.45, 2.75) is 39.2 Å². The third kappa shape index (κ3) is 2.68. The van der Waals surface area contributed by atoms with Gasteiger partial charge < -0.3 is 10.6 Å². The van der Waals surface area contributed by atoms with Crippen LogP contribution < -0.4 is 5.73 Å². The molecule has 1 fully saturated rings. The van der Waals surface area contributed by atoms with Gasteiger partial charge in [-0.15, -0.1) is 0 Å². The van der Waals surface area contributed by atoms with Crippen LogP contribution in [0.1, 0.15) is 33.1 Å². The molecule has 0 heterocycles. The Bertz CT molecular complexity index is 267. The molecule has 4 heteroatoms. The molecular weight excluding hydrogens is 208 g/mol. The average Bonchev–Trinajstić information content (AvgIpc) is 2.60. The molecule has 0 spiro atoms. The molecule has 1 aliphatic rings. The minimum Gasteiger partial charge on any atom is -0.392 e. The molecule has 3 atom stereocenters. The van der Waals surface area contributed by atoms with E-state index in [1.807, 2.05) is 6.92 Å². The average molecular weight is 228 g/mol. The van der Waals surface area contributed by atoms with Crippen molar-refractivity contribution in [1.82, 2.24) is 4.90 Å². The van der Waals surface area contributed by atoms with Crippen LogP contribution in [0.2, 0.25) is 0 Å². The highest BCUT2D eigenvalue weighted by Gasteiger charge is 2.33. The molecule has 3 nitrogen and oxygen atoms in total. The number of thiocarbonyl (C=S) groups is 1. The second kappa shape index (κ2) is 4.92. The molecule has 0 aromatic carbocycles. The summed E-state index contributed by atoms with van der Waals surface area (Å²) in [5.41, 5.74) is 5.55. The normalized spacial score (nSPS) is 27.4. The first-order chi connectivity index (χ1) is 6.95. The Balaban J connectivity index is 2.63. The summed E-state index contributed by atoms with van der Waals surface area (Å²) in [6, 6.07) is -0.139. The van der Waals surface area contributed by atoms with Gasteiger partial charge in [-0.05, 0) is 25.7 Å². The van der Waals surface area contributed by atoms with Crippen LogP contribution in [0.25, 0.3) is 0 Å². The zero-order chi connectivity index (χ0) is 11.6. The van der Waals surface area contributed by atoms with Gasteiger partial charge in [-0.1, -0.05) is 25.6 Å². The summed E-state index contributed by atoms with van der Waals surface area (Å²) in [6.45, 7) is 4.02. The van der Waals surface area contributed by atoms with Crippen molar-refractivity contribution in [1.29, 1.82) is 0 Å². The lowest BCUT2D eigenvalue weighted by Gasteiger charge is -2.28. The fourth-order valence-electron chi connectivity index (χ4n) is 2.16. The van der Waals surface area contributed by atoms with Gasteiger partial charge in [0.25, 0.3) is 0 Å². The van der Waals surface area contributed by atoms with Crippen molar-refractivity contribution < 1.29 is 4.79 Å². The van der Waals surface area contributed by atoms with E-state index in [0.717, 1.165) is 19.3 Å². The highest BCUT2D eigenvalue weighted by atomic mass is 32.1. The summed E-state index contributed by atoms with van der Waals surface area (Å²) in [5.74, 6) is 0.866. The Morgan fingerprint density at radius 2 is 2.13 bits per heavy atom. The standard InChI is InChI=1S/C11H20N2OS/c1-7-5-4-6-9(7)11(14)13(3)8(2)10(12)15/h7-9H,4-6H2,1-3H3,(H2,12,15). The molecule has 1 amide bonds. The van der Waals surface area contributed by atoms with E-state index in [-0.39, 0.29) is 17.9 Å². The Kier molecular flexibility index (Phi) is 4.08. The summed E-state index contributed by atoms with van der Waals surface area (Å²) in [6.07, 6.45) is 3.33.